The minimum absolute atomic E-state index is 0.0953. The van der Waals surface area contributed by atoms with Crippen LogP contribution in [0.2, 0.25) is 0 Å². The fourth-order valence-electron chi connectivity index (χ4n) is 2.50. The van der Waals surface area contributed by atoms with E-state index in [2.05, 4.69) is 4.72 Å². The molecule has 1 fully saturated rings. The Hall–Kier alpha value is -1.31. The summed E-state index contributed by atoms with van der Waals surface area (Å²) in [5, 5.41) is 9.89. The van der Waals surface area contributed by atoms with Gasteiger partial charge in [0.05, 0.1) is 25.2 Å². The lowest BCUT2D eigenvalue weighted by molar-refractivity contribution is 0.101. The molecule has 1 aliphatic rings. The average molecular weight is 315 g/mol. The molecule has 118 valence electrons. The van der Waals surface area contributed by atoms with Crippen LogP contribution in [0.25, 0.3) is 0 Å². The van der Waals surface area contributed by atoms with Crippen LogP contribution in [0.4, 0.5) is 0 Å². The van der Waals surface area contributed by atoms with Crippen LogP contribution < -0.4 is 14.2 Å². The SMILES string of the molecule is COc1ccc(S(=O)(=O)N[C@@H]2CCCC[C@H]2O)cc1OC. The van der Waals surface area contributed by atoms with Crippen LogP contribution in [-0.4, -0.2) is 39.9 Å². The summed E-state index contributed by atoms with van der Waals surface area (Å²) in [4.78, 5) is 0.0953. The molecule has 0 unspecified atom stereocenters. The fraction of sp³-hybridized carbons (Fsp3) is 0.571. The predicted octanol–water partition coefficient (Wildman–Crippen LogP) is 1.29. The zero-order valence-corrected chi connectivity index (χ0v) is 13.0. The van der Waals surface area contributed by atoms with Gasteiger partial charge in [0.2, 0.25) is 10.0 Å². The number of methoxy groups -OCH3 is 2. The maximum absolute atomic E-state index is 12.4. The lowest BCUT2D eigenvalue weighted by atomic mass is 9.93. The van der Waals surface area contributed by atoms with Gasteiger partial charge in [0, 0.05) is 12.1 Å². The van der Waals surface area contributed by atoms with Crippen molar-refractivity contribution in [1.82, 2.24) is 4.72 Å². The highest BCUT2D eigenvalue weighted by Crippen LogP contribution is 2.30. The number of hydrogen-bond donors (Lipinski definition) is 2. The molecule has 0 heterocycles. The van der Waals surface area contributed by atoms with Gasteiger partial charge in [-0.1, -0.05) is 12.8 Å². The molecule has 2 atom stereocenters. The molecule has 1 saturated carbocycles. The molecule has 0 aliphatic heterocycles. The van der Waals surface area contributed by atoms with Gasteiger partial charge in [0.1, 0.15) is 0 Å². The molecule has 2 rings (SSSR count). The van der Waals surface area contributed by atoms with Crippen molar-refractivity contribution in [3.8, 4) is 11.5 Å². The van der Waals surface area contributed by atoms with Gasteiger partial charge in [-0.2, -0.15) is 0 Å². The summed E-state index contributed by atoms with van der Waals surface area (Å²) in [6.45, 7) is 0. The second-order valence-corrected chi connectivity index (χ2v) is 6.81. The average Bonchev–Trinajstić information content (AvgIpc) is 2.48. The Morgan fingerprint density at radius 3 is 2.43 bits per heavy atom. The van der Waals surface area contributed by atoms with Crippen LogP contribution in [0.5, 0.6) is 11.5 Å². The van der Waals surface area contributed by atoms with Crippen molar-refractivity contribution < 1.29 is 23.0 Å². The van der Waals surface area contributed by atoms with E-state index in [4.69, 9.17) is 9.47 Å². The van der Waals surface area contributed by atoms with Gasteiger partial charge in [0.25, 0.3) is 0 Å². The molecule has 0 radical (unpaired) electrons. The smallest absolute Gasteiger partial charge is 0.241 e. The van der Waals surface area contributed by atoms with E-state index in [0.29, 0.717) is 24.3 Å². The Morgan fingerprint density at radius 1 is 1.14 bits per heavy atom. The predicted molar refractivity (Wildman–Crippen MR) is 78.1 cm³/mol. The third-order valence-corrected chi connectivity index (χ3v) is 5.19. The molecule has 7 heteroatoms. The number of aliphatic hydroxyl groups is 1. The number of ether oxygens (including phenoxy) is 2. The van der Waals surface area contributed by atoms with E-state index in [-0.39, 0.29) is 4.90 Å². The standard InChI is InChI=1S/C14H21NO5S/c1-19-13-8-7-10(9-14(13)20-2)21(17,18)15-11-5-3-4-6-12(11)16/h7-9,11-12,15-16H,3-6H2,1-2H3/t11-,12-/m1/s1. The monoisotopic (exact) mass is 315 g/mol. The summed E-state index contributed by atoms with van der Waals surface area (Å²) < 4.78 is 37.6. The molecule has 0 amide bonds. The number of hydrogen-bond acceptors (Lipinski definition) is 5. The Morgan fingerprint density at radius 2 is 1.81 bits per heavy atom. The Kier molecular flexibility index (Phi) is 5.08. The Bertz CT molecular complexity index is 587. The van der Waals surface area contributed by atoms with Crippen molar-refractivity contribution >= 4 is 10.0 Å². The molecule has 6 nitrogen and oxygen atoms in total. The summed E-state index contributed by atoms with van der Waals surface area (Å²) in [5.41, 5.74) is 0. The molecular formula is C14H21NO5S. The molecule has 0 spiro atoms. The van der Waals surface area contributed by atoms with Gasteiger partial charge in [-0.05, 0) is 25.0 Å². The van der Waals surface area contributed by atoms with Gasteiger partial charge in [-0.3, -0.25) is 0 Å². The highest BCUT2D eigenvalue weighted by Gasteiger charge is 2.28. The van der Waals surface area contributed by atoms with Crippen LogP contribution >= 0.6 is 0 Å². The molecule has 1 aromatic carbocycles. The van der Waals surface area contributed by atoms with Crippen molar-refractivity contribution in [2.75, 3.05) is 14.2 Å². The van der Waals surface area contributed by atoms with Gasteiger partial charge in [-0.15, -0.1) is 0 Å². The first kappa shape index (κ1) is 16.1. The van der Waals surface area contributed by atoms with E-state index in [9.17, 15) is 13.5 Å². The quantitative estimate of drug-likeness (QED) is 0.855. The molecule has 21 heavy (non-hydrogen) atoms. The molecule has 0 bridgehead atoms. The van der Waals surface area contributed by atoms with Crippen molar-refractivity contribution in [2.45, 2.75) is 42.7 Å². The third kappa shape index (κ3) is 3.66. The highest BCUT2D eigenvalue weighted by atomic mass is 32.2. The normalized spacial score (nSPS) is 22.8. The van der Waals surface area contributed by atoms with E-state index in [0.717, 1.165) is 12.8 Å². The number of aliphatic hydroxyl groups excluding tert-OH is 1. The number of sulfonamides is 1. The van der Waals surface area contributed by atoms with Crippen LogP contribution in [-0.2, 0) is 10.0 Å². The lowest BCUT2D eigenvalue weighted by Gasteiger charge is -2.28. The zero-order chi connectivity index (χ0) is 15.5. The first-order valence-electron chi connectivity index (χ1n) is 6.90. The van der Waals surface area contributed by atoms with E-state index >= 15 is 0 Å². The summed E-state index contributed by atoms with van der Waals surface area (Å²) in [6.07, 6.45) is 2.48. The zero-order valence-electron chi connectivity index (χ0n) is 12.2. The Labute approximate surface area is 125 Å². The second-order valence-electron chi connectivity index (χ2n) is 5.10. The largest absolute Gasteiger partial charge is 0.493 e. The molecule has 2 N–H and O–H groups in total. The van der Waals surface area contributed by atoms with E-state index in [1.807, 2.05) is 0 Å². The second kappa shape index (κ2) is 6.64. The van der Waals surface area contributed by atoms with Gasteiger partial charge >= 0.3 is 0 Å². The van der Waals surface area contributed by atoms with E-state index in [1.54, 1.807) is 6.07 Å². The van der Waals surface area contributed by atoms with Crippen LogP contribution in [0.3, 0.4) is 0 Å². The highest BCUT2D eigenvalue weighted by molar-refractivity contribution is 7.89. The summed E-state index contributed by atoms with van der Waals surface area (Å²) >= 11 is 0. The third-order valence-electron chi connectivity index (χ3n) is 3.70. The van der Waals surface area contributed by atoms with Crippen molar-refractivity contribution in [1.29, 1.82) is 0 Å². The van der Waals surface area contributed by atoms with Crippen molar-refractivity contribution in [3.63, 3.8) is 0 Å². The van der Waals surface area contributed by atoms with Gasteiger partial charge in [-0.25, -0.2) is 13.1 Å². The van der Waals surface area contributed by atoms with Crippen molar-refractivity contribution in [3.05, 3.63) is 18.2 Å². The molecule has 0 saturated heterocycles. The van der Waals surface area contributed by atoms with Gasteiger partial charge < -0.3 is 14.6 Å². The summed E-state index contributed by atoms with van der Waals surface area (Å²) in [7, 11) is -0.756. The first-order valence-corrected chi connectivity index (χ1v) is 8.38. The molecular weight excluding hydrogens is 294 g/mol. The van der Waals surface area contributed by atoms with Crippen molar-refractivity contribution in [2.24, 2.45) is 0 Å². The maximum Gasteiger partial charge on any atom is 0.241 e. The fourth-order valence-corrected chi connectivity index (χ4v) is 3.82. The minimum Gasteiger partial charge on any atom is -0.493 e. The van der Waals surface area contributed by atoms with Crippen LogP contribution in [0, 0.1) is 0 Å². The Balaban J connectivity index is 2.22. The lowest BCUT2D eigenvalue weighted by Crippen LogP contribution is -2.44. The summed E-state index contributed by atoms with van der Waals surface area (Å²) in [6, 6.07) is 3.98. The van der Waals surface area contributed by atoms with Gasteiger partial charge in [0.15, 0.2) is 11.5 Å². The van der Waals surface area contributed by atoms with E-state index in [1.165, 1.54) is 26.4 Å². The number of rotatable bonds is 5. The first-order chi connectivity index (χ1) is 9.97. The summed E-state index contributed by atoms with van der Waals surface area (Å²) in [5.74, 6) is 0.818. The maximum atomic E-state index is 12.4. The molecule has 1 aromatic rings. The molecule has 0 aromatic heterocycles. The number of benzene rings is 1. The number of nitrogens with one attached hydrogen (secondary N) is 1. The van der Waals surface area contributed by atoms with Crippen LogP contribution in [0.15, 0.2) is 23.1 Å². The van der Waals surface area contributed by atoms with E-state index < -0.39 is 22.2 Å². The van der Waals surface area contributed by atoms with Crippen LogP contribution in [0.1, 0.15) is 25.7 Å². The molecule has 1 aliphatic carbocycles. The minimum atomic E-state index is -3.70. The topological polar surface area (TPSA) is 84.9 Å².